The molecule has 4 rings (SSSR count). The molecule has 118 valence electrons. The van der Waals surface area contributed by atoms with E-state index in [0.29, 0.717) is 11.9 Å². The van der Waals surface area contributed by atoms with Gasteiger partial charge in [-0.25, -0.2) is 0 Å². The van der Waals surface area contributed by atoms with Crippen molar-refractivity contribution in [2.45, 2.75) is 38.6 Å². The highest BCUT2D eigenvalue weighted by molar-refractivity contribution is 5.92. The molecule has 0 bridgehead atoms. The Kier molecular flexibility index (Phi) is 3.48. The molecule has 0 spiro atoms. The Morgan fingerprint density at radius 1 is 1.17 bits per heavy atom. The van der Waals surface area contributed by atoms with Crippen molar-refractivity contribution in [1.29, 1.82) is 0 Å². The molecule has 0 saturated heterocycles. The highest BCUT2D eigenvalue weighted by Crippen LogP contribution is 2.37. The van der Waals surface area contributed by atoms with E-state index in [9.17, 15) is 4.79 Å². The molecule has 1 unspecified atom stereocenters. The number of hydrogen-bond donors (Lipinski definition) is 1. The zero-order valence-corrected chi connectivity index (χ0v) is 13.2. The molecule has 1 N–H and O–H groups in total. The molecule has 2 heterocycles. The zero-order chi connectivity index (χ0) is 15.8. The third-order valence-electron chi connectivity index (χ3n) is 4.83. The third-order valence-corrected chi connectivity index (χ3v) is 4.83. The van der Waals surface area contributed by atoms with Crippen LogP contribution in [0.4, 0.5) is 17.3 Å². The molecule has 1 amide bonds. The van der Waals surface area contributed by atoms with Crippen molar-refractivity contribution in [3.05, 3.63) is 42.0 Å². The van der Waals surface area contributed by atoms with Crippen LogP contribution in [0.3, 0.4) is 0 Å². The molecule has 5 heteroatoms. The van der Waals surface area contributed by atoms with Crippen molar-refractivity contribution in [1.82, 2.24) is 10.2 Å². The van der Waals surface area contributed by atoms with Crippen LogP contribution in [-0.4, -0.2) is 22.1 Å². The van der Waals surface area contributed by atoms with Crippen LogP contribution in [0.5, 0.6) is 0 Å². The molecule has 1 aliphatic carbocycles. The van der Waals surface area contributed by atoms with Gasteiger partial charge in [-0.15, -0.1) is 10.2 Å². The van der Waals surface area contributed by atoms with Crippen molar-refractivity contribution >= 4 is 23.2 Å². The van der Waals surface area contributed by atoms with E-state index in [0.717, 1.165) is 31.5 Å². The summed E-state index contributed by atoms with van der Waals surface area (Å²) in [5.41, 5.74) is 2.53. The molecular weight excluding hydrogens is 288 g/mol. The zero-order valence-electron chi connectivity index (χ0n) is 13.2. The molecule has 2 aliphatic rings. The number of carbonyl (C=O) groups excluding carboxylic acids is 1. The molecule has 1 fully saturated rings. The lowest BCUT2D eigenvalue weighted by atomic mass is 9.85. The third kappa shape index (κ3) is 2.56. The summed E-state index contributed by atoms with van der Waals surface area (Å²) >= 11 is 0. The van der Waals surface area contributed by atoms with E-state index in [1.54, 1.807) is 0 Å². The number of nitrogens with one attached hydrogen (secondary N) is 1. The molecule has 5 nitrogen and oxygen atoms in total. The molecule has 1 atom stereocenters. The molecule has 2 aromatic rings. The lowest BCUT2D eigenvalue weighted by molar-refractivity contribution is -0.122. The van der Waals surface area contributed by atoms with Crippen LogP contribution in [0.25, 0.3) is 0 Å². The Hall–Kier alpha value is -2.43. The van der Waals surface area contributed by atoms with Crippen molar-refractivity contribution in [2.75, 3.05) is 10.2 Å². The number of nitrogens with zero attached hydrogens (tertiary/aromatic N) is 3. The van der Waals surface area contributed by atoms with E-state index in [-0.39, 0.29) is 11.8 Å². The predicted octanol–water partition coefficient (Wildman–Crippen LogP) is 3.30. The largest absolute Gasteiger partial charge is 0.321 e. The lowest BCUT2D eigenvalue weighted by Gasteiger charge is -2.24. The summed E-state index contributed by atoms with van der Waals surface area (Å²) in [4.78, 5) is 14.2. The first kappa shape index (κ1) is 14.2. The summed E-state index contributed by atoms with van der Waals surface area (Å²) in [5, 5.41) is 11.4. The van der Waals surface area contributed by atoms with E-state index in [2.05, 4.69) is 45.5 Å². The molecule has 1 aliphatic heterocycles. The summed E-state index contributed by atoms with van der Waals surface area (Å²) in [6.07, 6.45) is 4.13. The Morgan fingerprint density at radius 2 is 2.00 bits per heavy atom. The van der Waals surface area contributed by atoms with Crippen molar-refractivity contribution in [2.24, 2.45) is 5.92 Å². The standard InChI is InChI=1S/C18H20N4O/c1-12-11-14-5-2-3-8-15(14)22(12)17-10-9-16(20-21-17)19-18(23)13-6-4-7-13/h2-3,5,8-10,12-13H,4,6-7,11H2,1H3,(H,19,20,23). The summed E-state index contributed by atoms with van der Waals surface area (Å²) in [6.45, 7) is 2.19. The average Bonchev–Trinajstić information content (AvgIpc) is 2.82. The van der Waals surface area contributed by atoms with E-state index >= 15 is 0 Å². The number of para-hydroxylation sites is 1. The molecule has 1 aromatic heterocycles. The number of carbonyl (C=O) groups is 1. The number of amides is 1. The van der Waals surface area contributed by atoms with Crippen molar-refractivity contribution < 1.29 is 4.79 Å². The Morgan fingerprint density at radius 3 is 2.70 bits per heavy atom. The Balaban J connectivity index is 1.53. The molecule has 1 aromatic carbocycles. The lowest BCUT2D eigenvalue weighted by Crippen LogP contribution is -2.29. The van der Waals surface area contributed by atoms with Crippen LogP contribution in [0.2, 0.25) is 0 Å². The van der Waals surface area contributed by atoms with Gasteiger partial charge in [-0.2, -0.15) is 0 Å². The fourth-order valence-electron chi connectivity index (χ4n) is 3.33. The van der Waals surface area contributed by atoms with Crippen LogP contribution < -0.4 is 10.2 Å². The first-order chi connectivity index (χ1) is 11.2. The van der Waals surface area contributed by atoms with Gasteiger partial charge in [-0.3, -0.25) is 4.79 Å². The number of aromatic nitrogens is 2. The topological polar surface area (TPSA) is 58.1 Å². The quantitative estimate of drug-likeness (QED) is 0.945. The van der Waals surface area contributed by atoms with Gasteiger partial charge in [-0.05, 0) is 49.9 Å². The van der Waals surface area contributed by atoms with Crippen LogP contribution >= 0.6 is 0 Å². The Labute approximate surface area is 135 Å². The van der Waals surface area contributed by atoms with Crippen LogP contribution in [-0.2, 0) is 11.2 Å². The number of fused-ring (bicyclic) bond motifs is 1. The maximum Gasteiger partial charge on any atom is 0.228 e. The molecule has 1 saturated carbocycles. The highest BCUT2D eigenvalue weighted by Gasteiger charge is 2.28. The number of rotatable bonds is 3. The molecule has 23 heavy (non-hydrogen) atoms. The van der Waals surface area contributed by atoms with Crippen molar-refractivity contribution in [3.63, 3.8) is 0 Å². The van der Waals surface area contributed by atoms with E-state index in [1.165, 1.54) is 11.3 Å². The van der Waals surface area contributed by atoms with E-state index < -0.39 is 0 Å². The van der Waals surface area contributed by atoms with Gasteiger partial charge in [0.25, 0.3) is 0 Å². The van der Waals surface area contributed by atoms with Crippen LogP contribution in [0.15, 0.2) is 36.4 Å². The summed E-state index contributed by atoms with van der Waals surface area (Å²) in [7, 11) is 0. The van der Waals surface area contributed by atoms with Crippen molar-refractivity contribution in [3.8, 4) is 0 Å². The maximum atomic E-state index is 12.0. The second-order valence-corrected chi connectivity index (χ2v) is 6.45. The molecular formula is C18H20N4O. The second-order valence-electron chi connectivity index (χ2n) is 6.45. The summed E-state index contributed by atoms with van der Waals surface area (Å²) in [6, 6.07) is 12.5. The van der Waals surface area contributed by atoms with Gasteiger partial charge < -0.3 is 10.2 Å². The normalized spacial score (nSPS) is 20.0. The van der Waals surface area contributed by atoms with Crippen LogP contribution in [0, 0.1) is 5.92 Å². The second kappa shape index (κ2) is 5.65. The first-order valence-electron chi connectivity index (χ1n) is 8.24. The molecule has 0 radical (unpaired) electrons. The Bertz CT molecular complexity index is 724. The van der Waals surface area contributed by atoms with Gasteiger partial charge >= 0.3 is 0 Å². The number of anilines is 3. The van der Waals surface area contributed by atoms with Gasteiger partial charge in [-0.1, -0.05) is 24.6 Å². The number of benzene rings is 1. The van der Waals surface area contributed by atoms with E-state index in [4.69, 9.17) is 0 Å². The first-order valence-corrected chi connectivity index (χ1v) is 8.24. The maximum absolute atomic E-state index is 12.0. The average molecular weight is 308 g/mol. The van der Waals surface area contributed by atoms with Gasteiger partial charge in [0.2, 0.25) is 5.91 Å². The minimum atomic E-state index is 0.0678. The summed E-state index contributed by atoms with van der Waals surface area (Å²) < 4.78 is 0. The predicted molar refractivity (Wildman–Crippen MR) is 89.7 cm³/mol. The van der Waals surface area contributed by atoms with Gasteiger partial charge in [0.15, 0.2) is 11.6 Å². The highest BCUT2D eigenvalue weighted by atomic mass is 16.2. The smallest absolute Gasteiger partial charge is 0.228 e. The van der Waals surface area contributed by atoms with Gasteiger partial charge in [0.1, 0.15) is 0 Å². The number of hydrogen-bond acceptors (Lipinski definition) is 4. The fraction of sp³-hybridized carbons (Fsp3) is 0.389. The monoisotopic (exact) mass is 308 g/mol. The minimum absolute atomic E-state index is 0.0678. The SMILES string of the molecule is CC1Cc2ccccc2N1c1ccc(NC(=O)C2CCC2)nn1. The summed E-state index contributed by atoms with van der Waals surface area (Å²) in [5.74, 6) is 1.58. The van der Waals surface area contributed by atoms with Gasteiger partial charge in [0, 0.05) is 17.6 Å². The fourth-order valence-corrected chi connectivity index (χ4v) is 3.33. The van der Waals surface area contributed by atoms with Crippen LogP contribution in [0.1, 0.15) is 31.7 Å². The minimum Gasteiger partial charge on any atom is -0.321 e. The van der Waals surface area contributed by atoms with Gasteiger partial charge in [0.05, 0.1) is 0 Å². The van der Waals surface area contributed by atoms with E-state index in [1.807, 2.05) is 18.2 Å².